The van der Waals surface area contributed by atoms with Crippen molar-refractivity contribution in [1.82, 2.24) is 0 Å². The molecule has 0 amide bonds. The number of ether oxygens (including phenoxy) is 2. The molecule has 0 saturated carbocycles. The number of carbonyl (C=O) groups excluding carboxylic acids is 2. The van der Waals surface area contributed by atoms with Crippen molar-refractivity contribution in [3.63, 3.8) is 0 Å². The van der Waals surface area contributed by atoms with Crippen LogP contribution >= 0.6 is 12.4 Å². The maximum absolute atomic E-state index is 11.0. The van der Waals surface area contributed by atoms with Crippen LogP contribution in [-0.2, 0) is 19.1 Å². The molecule has 0 aromatic heterocycles. The molecule has 5 nitrogen and oxygen atoms in total. The fourth-order valence-electron chi connectivity index (χ4n) is 0.950. The van der Waals surface area contributed by atoms with E-state index >= 15 is 0 Å². The van der Waals surface area contributed by atoms with Gasteiger partial charge in [-0.05, 0) is 12.8 Å². The molecule has 0 aromatic rings. The van der Waals surface area contributed by atoms with Crippen molar-refractivity contribution < 1.29 is 19.1 Å². The van der Waals surface area contributed by atoms with E-state index in [9.17, 15) is 9.59 Å². The van der Waals surface area contributed by atoms with Crippen LogP contribution in [0.15, 0.2) is 0 Å². The minimum atomic E-state index is -0.339. The van der Waals surface area contributed by atoms with Crippen LogP contribution in [0.25, 0.3) is 0 Å². The zero-order valence-electron chi connectivity index (χ0n) is 9.57. The van der Waals surface area contributed by atoms with E-state index in [0.717, 1.165) is 12.8 Å². The van der Waals surface area contributed by atoms with E-state index in [1.165, 1.54) is 0 Å². The summed E-state index contributed by atoms with van der Waals surface area (Å²) in [7, 11) is 1.63. The van der Waals surface area contributed by atoms with Crippen LogP contribution in [0, 0.1) is 0 Å². The number of methoxy groups -OCH3 is 1. The summed E-state index contributed by atoms with van der Waals surface area (Å²) >= 11 is 0. The zero-order valence-corrected chi connectivity index (χ0v) is 10.4. The van der Waals surface area contributed by atoms with Crippen molar-refractivity contribution in [2.45, 2.75) is 25.7 Å². The third-order valence-electron chi connectivity index (χ3n) is 1.84. The first-order chi connectivity index (χ1) is 7.20. The molecule has 0 aliphatic heterocycles. The Morgan fingerprint density at radius 1 is 1.12 bits per heavy atom. The van der Waals surface area contributed by atoms with Crippen LogP contribution in [0.4, 0.5) is 0 Å². The number of hydrogen-bond acceptors (Lipinski definition) is 5. The Morgan fingerprint density at radius 3 is 2.31 bits per heavy atom. The molecule has 0 bridgehead atoms. The molecule has 0 aliphatic carbocycles. The van der Waals surface area contributed by atoms with Crippen molar-refractivity contribution in [2.24, 2.45) is 5.73 Å². The third kappa shape index (κ3) is 11.4. The number of halogens is 1. The van der Waals surface area contributed by atoms with Gasteiger partial charge in [-0.3, -0.25) is 9.59 Å². The van der Waals surface area contributed by atoms with E-state index in [0.29, 0.717) is 13.2 Å². The maximum Gasteiger partial charge on any atom is 0.306 e. The summed E-state index contributed by atoms with van der Waals surface area (Å²) in [5.74, 6) is -0.458. The summed E-state index contributed by atoms with van der Waals surface area (Å²) in [6.45, 7) is 1.04. The molecule has 0 aliphatic rings. The molecule has 0 fully saturated rings. The van der Waals surface area contributed by atoms with E-state index in [4.69, 9.17) is 15.2 Å². The van der Waals surface area contributed by atoms with E-state index in [1.54, 1.807) is 7.11 Å². The van der Waals surface area contributed by atoms with Gasteiger partial charge >= 0.3 is 5.97 Å². The largest absolute Gasteiger partial charge is 0.466 e. The molecule has 0 aromatic carbocycles. The molecule has 2 N–H and O–H groups in total. The van der Waals surface area contributed by atoms with Crippen molar-refractivity contribution >= 4 is 24.2 Å². The summed E-state index contributed by atoms with van der Waals surface area (Å²) in [6, 6.07) is 0. The summed E-state index contributed by atoms with van der Waals surface area (Å²) in [6.07, 6.45) is 1.95. The topological polar surface area (TPSA) is 78.6 Å². The predicted octanol–water partition coefficient (Wildman–Crippen LogP) is 0.686. The molecular formula is C10H20ClNO4. The first-order valence-electron chi connectivity index (χ1n) is 5.07. The third-order valence-corrected chi connectivity index (χ3v) is 1.84. The van der Waals surface area contributed by atoms with E-state index < -0.39 is 0 Å². The van der Waals surface area contributed by atoms with Crippen LogP contribution in [0.5, 0.6) is 0 Å². The number of esters is 1. The highest BCUT2D eigenvalue weighted by Crippen LogP contribution is 1.96. The Morgan fingerprint density at radius 2 is 1.75 bits per heavy atom. The lowest BCUT2D eigenvalue weighted by atomic mass is 10.2. The molecule has 6 heteroatoms. The van der Waals surface area contributed by atoms with Gasteiger partial charge in [0, 0.05) is 20.1 Å². The number of unbranched alkanes of at least 4 members (excludes halogenated alkanes) is 1. The second kappa shape index (κ2) is 12.4. The molecule has 0 unspecified atom stereocenters. The molecular weight excluding hydrogens is 234 g/mol. The number of ketones is 1. The number of rotatable bonds is 9. The lowest BCUT2D eigenvalue weighted by Gasteiger charge is -2.03. The molecule has 0 atom stereocenters. The Bertz CT molecular complexity index is 199. The number of carbonyl (C=O) groups is 2. The number of hydrogen-bond donors (Lipinski definition) is 1. The smallest absolute Gasteiger partial charge is 0.306 e. The standard InChI is InChI=1S/C10H19NO4.ClH/c1-14-6-2-3-7-15-10(13)5-4-9(12)8-11;/h2-8,11H2,1H3;1H. The van der Waals surface area contributed by atoms with Crippen LogP contribution in [0.3, 0.4) is 0 Å². The second-order valence-electron chi connectivity index (χ2n) is 3.16. The van der Waals surface area contributed by atoms with E-state index in [2.05, 4.69) is 0 Å². The van der Waals surface area contributed by atoms with Gasteiger partial charge in [0.15, 0.2) is 0 Å². The first kappa shape index (κ1) is 17.7. The van der Waals surface area contributed by atoms with E-state index in [-0.39, 0.29) is 43.5 Å². The highest BCUT2D eigenvalue weighted by molar-refractivity contribution is 5.85. The SMILES string of the molecule is COCCCCOC(=O)CCC(=O)CN.Cl. The zero-order chi connectivity index (χ0) is 11.5. The Kier molecular flexibility index (Phi) is 13.8. The average Bonchev–Trinajstić information content (AvgIpc) is 2.25. The van der Waals surface area contributed by atoms with Gasteiger partial charge in [0.1, 0.15) is 5.78 Å². The monoisotopic (exact) mass is 253 g/mol. The summed E-state index contributed by atoms with van der Waals surface area (Å²) < 4.78 is 9.74. The Balaban J connectivity index is 0. The molecule has 0 rings (SSSR count). The lowest BCUT2D eigenvalue weighted by Crippen LogP contribution is -2.15. The van der Waals surface area contributed by atoms with Crippen molar-refractivity contribution in [3.05, 3.63) is 0 Å². The molecule has 16 heavy (non-hydrogen) atoms. The van der Waals surface area contributed by atoms with Crippen molar-refractivity contribution in [1.29, 1.82) is 0 Å². The van der Waals surface area contributed by atoms with Crippen LogP contribution in [0.1, 0.15) is 25.7 Å². The fourth-order valence-corrected chi connectivity index (χ4v) is 0.950. The Labute approximate surface area is 102 Å². The molecule has 0 saturated heterocycles. The maximum atomic E-state index is 11.0. The molecule has 0 heterocycles. The second-order valence-corrected chi connectivity index (χ2v) is 3.16. The highest BCUT2D eigenvalue weighted by Gasteiger charge is 2.06. The highest BCUT2D eigenvalue weighted by atomic mass is 35.5. The molecule has 0 radical (unpaired) electrons. The minimum absolute atomic E-state index is 0. The lowest BCUT2D eigenvalue weighted by molar-refractivity contribution is -0.144. The predicted molar refractivity (Wildman–Crippen MR) is 62.6 cm³/mol. The van der Waals surface area contributed by atoms with Gasteiger partial charge in [-0.2, -0.15) is 0 Å². The quantitative estimate of drug-likeness (QED) is 0.483. The fraction of sp³-hybridized carbons (Fsp3) is 0.800. The van der Waals surface area contributed by atoms with E-state index in [1.807, 2.05) is 0 Å². The number of nitrogens with two attached hydrogens (primary N) is 1. The van der Waals surface area contributed by atoms with Crippen molar-refractivity contribution in [2.75, 3.05) is 26.9 Å². The van der Waals surface area contributed by atoms with Crippen LogP contribution in [0.2, 0.25) is 0 Å². The molecule has 0 spiro atoms. The number of Topliss-reactive ketones (excluding diaryl/α,β-unsaturated/α-hetero) is 1. The summed E-state index contributed by atoms with van der Waals surface area (Å²) in [5, 5.41) is 0. The van der Waals surface area contributed by atoms with Gasteiger partial charge in [0.2, 0.25) is 0 Å². The van der Waals surface area contributed by atoms with Gasteiger partial charge in [-0.1, -0.05) is 0 Å². The summed E-state index contributed by atoms with van der Waals surface area (Å²) in [4.78, 5) is 21.8. The van der Waals surface area contributed by atoms with Crippen LogP contribution < -0.4 is 5.73 Å². The van der Waals surface area contributed by atoms with Crippen molar-refractivity contribution in [3.8, 4) is 0 Å². The average molecular weight is 254 g/mol. The summed E-state index contributed by atoms with van der Waals surface area (Å²) in [5.41, 5.74) is 5.10. The normalized spacial score (nSPS) is 9.38. The van der Waals surface area contributed by atoms with Gasteiger partial charge < -0.3 is 15.2 Å². The Hall–Kier alpha value is -0.650. The first-order valence-corrected chi connectivity index (χ1v) is 5.07. The van der Waals surface area contributed by atoms with Gasteiger partial charge in [0.25, 0.3) is 0 Å². The van der Waals surface area contributed by atoms with Gasteiger partial charge in [-0.15, -0.1) is 12.4 Å². The van der Waals surface area contributed by atoms with Crippen LogP contribution in [-0.4, -0.2) is 38.6 Å². The van der Waals surface area contributed by atoms with Gasteiger partial charge in [-0.25, -0.2) is 0 Å². The minimum Gasteiger partial charge on any atom is -0.466 e. The molecule has 96 valence electrons. The van der Waals surface area contributed by atoms with Gasteiger partial charge in [0.05, 0.1) is 19.6 Å².